The van der Waals surface area contributed by atoms with Crippen LogP contribution in [-0.2, 0) is 18.9 Å². The highest BCUT2D eigenvalue weighted by molar-refractivity contribution is 5.98. The molecule has 32 heavy (non-hydrogen) atoms. The van der Waals surface area contributed by atoms with Crippen LogP contribution in [0, 0.1) is 0 Å². The third-order valence-electron chi connectivity index (χ3n) is 5.14. The molecule has 0 aromatic heterocycles. The summed E-state index contributed by atoms with van der Waals surface area (Å²) in [5.74, 6) is 3.14. The molecule has 5 rings (SSSR count). The van der Waals surface area contributed by atoms with Crippen LogP contribution in [0.2, 0.25) is 0 Å². The molecule has 0 aliphatic carbocycles. The molecule has 1 aromatic rings. The van der Waals surface area contributed by atoms with Crippen molar-refractivity contribution in [3.8, 4) is 0 Å². The molecular formula is C24H32N4O4. The van der Waals surface area contributed by atoms with Gasteiger partial charge in [0.1, 0.15) is 26.4 Å². The van der Waals surface area contributed by atoms with E-state index >= 15 is 0 Å². The second kappa shape index (κ2) is 9.30. The summed E-state index contributed by atoms with van der Waals surface area (Å²) in [5.41, 5.74) is 1.90. The molecule has 0 bridgehead atoms. The van der Waals surface area contributed by atoms with Crippen molar-refractivity contribution >= 4 is 23.6 Å². The Morgan fingerprint density at radius 2 is 1.06 bits per heavy atom. The van der Waals surface area contributed by atoms with Crippen LogP contribution in [0.1, 0.15) is 51.7 Å². The maximum absolute atomic E-state index is 5.52. The molecule has 172 valence electrons. The van der Waals surface area contributed by atoms with Crippen molar-refractivity contribution in [1.82, 2.24) is 0 Å². The maximum Gasteiger partial charge on any atom is 0.216 e. The maximum atomic E-state index is 5.52. The zero-order valence-electron chi connectivity index (χ0n) is 19.4. The molecule has 0 atom stereocenters. The topological polar surface area (TPSA) is 86.4 Å². The van der Waals surface area contributed by atoms with Gasteiger partial charge in [0, 0.05) is 24.0 Å². The molecule has 0 spiro atoms. The van der Waals surface area contributed by atoms with E-state index in [0.29, 0.717) is 26.4 Å². The molecule has 4 aliphatic heterocycles. The minimum Gasteiger partial charge on any atom is -0.478 e. The van der Waals surface area contributed by atoms with Crippen LogP contribution < -0.4 is 0 Å². The largest absolute Gasteiger partial charge is 0.478 e. The summed E-state index contributed by atoms with van der Waals surface area (Å²) in [5, 5.41) is 0. The van der Waals surface area contributed by atoms with Crippen LogP contribution in [-0.4, -0.2) is 74.2 Å². The number of nitrogens with zero attached hydrogens (tertiary/aromatic N) is 4. The van der Waals surface area contributed by atoms with Crippen LogP contribution in [0.3, 0.4) is 0 Å². The van der Waals surface area contributed by atoms with E-state index in [4.69, 9.17) is 18.9 Å². The fourth-order valence-corrected chi connectivity index (χ4v) is 3.57. The van der Waals surface area contributed by atoms with E-state index in [1.54, 1.807) is 0 Å². The van der Waals surface area contributed by atoms with Gasteiger partial charge in [-0.1, -0.05) is 0 Å². The molecule has 0 unspecified atom stereocenters. The summed E-state index contributed by atoms with van der Waals surface area (Å²) in [6.07, 6.45) is 1.58. The lowest BCUT2D eigenvalue weighted by Gasteiger charge is -2.07. The molecule has 8 nitrogen and oxygen atoms in total. The van der Waals surface area contributed by atoms with E-state index in [2.05, 4.69) is 47.7 Å². The summed E-state index contributed by atoms with van der Waals surface area (Å²) < 4.78 is 21.8. The highest BCUT2D eigenvalue weighted by Crippen LogP contribution is 2.22. The van der Waals surface area contributed by atoms with E-state index in [1.165, 1.54) is 0 Å². The van der Waals surface area contributed by atoms with E-state index in [0.717, 1.165) is 60.6 Å². The van der Waals surface area contributed by atoms with Crippen molar-refractivity contribution in [1.29, 1.82) is 0 Å². The van der Waals surface area contributed by atoms with Crippen molar-refractivity contribution < 1.29 is 18.9 Å². The van der Waals surface area contributed by atoms with Crippen LogP contribution in [0.5, 0.6) is 0 Å². The van der Waals surface area contributed by atoms with Gasteiger partial charge in [-0.15, -0.1) is 0 Å². The van der Waals surface area contributed by atoms with Crippen molar-refractivity contribution in [2.45, 2.75) is 51.6 Å². The third-order valence-corrected chi connectivity index (χ3v) is 5.14. The average molecular weight is 441 g/mol. The van der Waals surface area contributed by atoms with Gasteiger partial charge >= 0.3 is 0 Å². The van der Waals surface area contributed by atoms with Crippen LogP contribution in [0.25, 0.3) is 0 Å². The molecule has 0 radical (unpaired) electrons. The average Bonchev–Trinajstić information content (AvgIpc) is 3.55. The van der Waals surface area contributed by atoms with Crippen LogP contribution in [0.4, 0.5) is 0 Å². The van der Waals surface area contributed by atoms with Crippen LogP contribution in [0.15, 0.2) is 44.2 Å². The molecule has 0 saturated heterocycles. The summed E-state index contributed by atoms with van der Waals surface area (Å²) in [6.45, 7) is 12.6. The lowest BCUT2D eigenvalue weighted by atomic mass is 10.1. The van der Waals surface area contributed by atoms with Gasteiger partial charge in [-0.2, -0.15) is 0 Å². The van der Waals surface area contributed by atoms with E-state index < -0.39 is 0 Å². The first kappa shape index (κ1) is 22.3. The Hall–Kier alpha value is -2.90. The van der Waals surface area contributed by atoms with Crippen molar-refractivity contribution in [2.24, 2.45) is 20.0 Å². The smallest absolute Gasteiger partial charge is 0.216 e. The van der Waals surface area contributed by atoms with E-state index in [9.17, 15) is 0 Å². The Labute approximate surface area is 189 Å². The quantitative estimate of drug-likeness (QED) is 0.702. The molecule has 0 saturated carbocycles. The van der Waals surface area contributed by atoms with Gasteiger partial charge < -0.3 is 18.9 Å². The molecule has 1 aromatic carbocycles. The SMILES string of the molecule is CC1(C)COC(CCC2=NC(C)(C)CO2)=N1.c1cc(C2=NCCO2)ccc1C1=NCCO1. The molecule has 4 aliphatic rings. The summed E-state index contributed by atoms with van der Waals surface area (Å²) in [6, 6.07) is 7.96. The summed E-state index contributed by atoms with van der Waals surface area (Å²) in [7, 11) is 0. The fourth-order valence-electron chi connectivity index (χ4n) is 3.57. The molecular weight excluding hydrogens is 408 g/mol. The Morgan fingerprint density at radius 1 is 0.656 bits per heavy atom. The number of benzene rings is 1. The monoisotopic (exact) mass is 440 g/mol. The van der Waals surface area contributed by atoms with Crippen molar-refractivity contribution in [2.75, 3.05) is 39.5 Å². The molecule has 0 N–H and O–H groups in total. The van der Waals surface area contributed by atoms with Gasteiger partial charge in [0.15, 0.2) is 11.8 Å². The van der Waals surface area contributed by atoms with Gasteiger partial charge in [-0.05, 0) is 52.0 Å². The zero-order valence-corrected chi connectivity index (χ0v) is 19.4. The molecule has 4 heterocycles. The second-order valence-electron chi connectivity index (χ2n) is 9.36. The van der Waals surface area contributed by atoms with Crippen molar-refractivity contribution in [3.63, 3.8) is 0 Å². The molecule has 0 amide bonds. The van der Waals surface area contributed by atoms with E-state index in [1.807, 2.05) is 24.3 Å². The Kier molecular flexibility index (Phi) is 6.48. The van der Waals surface area contributed by atoms with Gasteiger partial charge in [0.2, 0.25) is 11.8 Å². The number of hydrogen-bond donors (Lipinski definition) is 0. The van der Waals surface area contributed by atoms with Gasteiger partial charge in [0.05, 0.1) is 24.2 Å². The molecule has 8 heteroatoms. The van der Waals surface area contributed by atoms with Crippen molar-refractivity contribution in [3.05, 3.63) is 35.4 Å². The Bertz CT molecular complexity index is 868. The fraction of sp³-hybridized carbons (Fsp3) is 0.583. The highest BCUT2D eigenvalue weighted by atomic mass is 16.5. The van der Waals surface area contributed by atoms with Gasteiger partial charge in [-0.25, -0.2) is 20.0 Å². The Balaban J connectivity index is 0.000000153. The Morgan fingerprint density at radius 3 is 1.34 bits per heavy atom. The number of aliphatic imine (C=N–C) groups is 4. The number of ether oxygens (including phenoxy) is 4. The first-order chi connectivity index (χ1) is 15.3. The minimum absolute atomic E-state index is 0.0626. The zero-order chi connectivity index (χ0) is 22.6. The van der Waals surface area contributed by atoms with Gasteiger partial charge in [-0.3, -0.25) is 0 Å². The summed E-state index contributed by atoms with van der Waals surface area (Å²) >= 11 is 0. The second-order valence-corrected chi connectivity index (χ2v) is 9.36. The first-order valence-electron chi connectivity index (χ1n) is 11.2. The number of rotatable bonds is 5. The predicted octanol–water partition coefficient (Wildman–Crippen LogP) is 3.42. The highest BCUT2D eigenvalue weighted by Gasteiger charge is 2.29. The predicted molar refractivity (Wildman–Crippen MR) is 125 cm³/mol. The summed E-state index contributed by atoms with van der Waals surface area (Å²) in [4.78, 5) is 17.5. The first-order valence-corrected chi connectivity index (χ1v) is 11.2. The lowest BCUT2D eigenvalue weighted by molar-refractivity contribution is 0.267. The van der Waals surface area contributed by atoms with Gasteiger partial charge in [0.25, 0.3) is 0 Å². The van der Waals surface area contributed by atoms with E-state index in [-0.39, 0.29) is 11.1 Å². The normalized spacial score (nSPS) is 22.2. The lowest BCUT2D eigenvalue weighted by Crippen LogP contribution is -2.17. The van der Waals surface area contributed by atoms with Crippen LogP contribution >= 0.6 is 0 Å². The molecule has 0 fully saturated rings. The third kappa shape index (κ3) is 5.87. The number of hydrogen-bond acceptors (Lipinski definition) is 8. The standard InChI is InChI=1S/C12H12N2O2.C12H20N2O2/c1-2-10(12-14-6-8-16-12)4-3-9(1)11-13-5-7-15-11;1-11(2)7-15-9(13-11)5-6-10-14-12(3,4)8-16-10/h1-4H,5-8H2;5-8H2,1-4H3. The minimum atomic E-state index is -0.0626.